The number of rotatable bonds is 2. The van der Waals surface area contributed by atoms with Gasteiger partial charge in [0.15, 0.2) is 11.7 Å². The quantitative estimate of drug-likeness (QED) is 0.702. The summed E-state index contributed by atoms with van der Waals surface area (Å²) in [5, 5.41) is 9.33. The van der Waals surface area contributed by atoms with E-state index in [2.05, 4.69) is 83.9 Å². The fraction of sp³-hybridized carbons (Fsp3) is 0.273. The van der Waals surface area contributed by atoms with E-state index in [0.29, 0.717) is 5.82 Å². The van der Waals surface area contributed by atoms with Crippen LogP contribution in [-0.2, 0) is 12.0 Å². The van der Waals surface area contributed by atoms with Crippen molar-refractivity contribution in [3.63, 3.8) is 0 Å². The van der Waals surface area contributed by atoms with Gasteiger partial charge in [-0.3, -0.25) is 15.5 Å². The Kier molecular flexibility index (Phi) is 4.22. The van der Waals surface area contributed by atoms with Crippen LogP contribution in [0, 0.1) is 6.92 Å². The minimum Gasteiger partial charge on any atom is -0.282 e. The molecule has 4 rings (SSSR count). The number of benzene rings is 2. The third kappa shape index (κ3) is 3.58. The number of fused-ring (bicyclic) bond motifs is 1. The third-order valence-corrected chi connectivity index (χ3v) is 4.81. The van der Waals surface area contributed by atoms with E-state index < -0.39 is 0 Å². The molecule has 0 radical (unpaired) electrons. The molecule has 2 N–H and O–H groups in total. The summed E-state index contributed by atoms with van der Waals surface area (Å²) in [6.07, 6.45) is 0. The number of hydrogen-bond acceptors (Lipinski definition) is 3. The zero-order valence-corrected chi connectivity index (χ0v) is 16.2. The highest BCUT2D eigenvalue weighted by molar-refractivity contribution is 6.03. The molecule has 5 heteroatoms. The van der Waals surface area contributed by atoms with Crippen LogP contribution in [0.1, 0.15) is 43.2 Å². The normalized spacial score (nSPS) is 15.6. The molecule has 0 unspecified atom stereocenters. The van der Waals surface area contributed by atoms with Gasteiger partial charge in [0.25, 0.3) is 0 Å². The molecule has 0 spiro atoms. The molecule has 2 aromatic carbocycles. The van der Waals surface area contributed by atoms with E-state index in [4.69, 9.17) is 4.99 Å². The van der Waals surface area contributed by atoms with E-state index in [1.807, 2.05) is 19.1 Å². The molecule has 0 atom stereocenters. The molecule has 0 saturated carbocycles. The molecule has 5 nitrogen and oxygen atoms in total. The Bertz CT molecular complexity index is 976. The number of nitrogens with one attached hydrogen (secondary N) is 2. The second-order valence-corrected chi connectivity index (χ2v) is 8.02. The number of aryl methyl sites for hydroxylation is 1. The van der Waals surface area contributed by atoms with Crippen LogP contribution in [0.5, 0.6) is 0 Å². The van der Waals surface area contributed by atoms with Crippen molar-refractivity contribution in [3.05, 3.63) is 77.0 Å². The number of nitrogens with zero attached hydrogens (tertiary/aromatic N) is 3. The fourth-order valence-electron chi connectivity index (χ4n) is 3.25. The molecule has 0 saturated heterocycles. The van der Waals surface area contributed by atoms with E-state index in [9.17, 15) is 0 Å². The molecule has 0 bridgehead atoms. The van der Waals surface area contributed by atoms with Crippen LogP contribution in [0.4, 0.5) is 11.5 Å². The average Bonchev–Trinajstić information content (AvgIpc) is 3.06. The summed E-state index contributed by atoms with van der Waals surface area (Å²) < 4.78 is 0. The minimum atomic E-state index is 0.144. The maximum atomic E-state index is 4.73. The number of aliphatic imine (C=N–C) groups is 1. The lowest BCUT2D eigenvalue weighted by molar-refractivity contribution is 0.590. The maximum Gasteiger partial charge on any atom is 0.176 e. The largest absolute Gasteiger partial charge is 0.282 e. The van der Waals surface area contributed by atoms with Crippen molar-refractivity contribution in [3.8, 4) is 0 Å². The van der Waals surface area contributed by atoms with Crippen LogP contribution in [0.25, 0.3) is 0 Å². The van der Waals surface area contributed by atoms with Crippen molar-refractivity contribution < 1.29 is 0 Å². The van der Waals surface area contributed by atoms with Gasteiger partial charge in [0, 0.05) is 17.3 Å². The molecular weight excluding hydrogens is 334 g/mol. The van der Waals surface area contributed by atoms with Gasteiger partial charge >= 0.3 is 0 Å². The van der Waals surface area contributed by atoms with Gasteiger partial charge in [-0.05, 0) is 35.6 Å². The average molecular weight is 359 g/mol. The first-order valence-electron chi connectivity index (χ1n) is 9.24. The monoisotopic (exact) mass is 359 g/mol. The Morgan fingerprint density at radius 2 is 1.78 bits per heavy atom. The van der Waals surface area contributed by atoms with Crippen LogP contribution >= 0.6 is 0 Å². The lowest BCUT2D eigenvalue weighted by atomic mass is 9.87. The summed E-state index contributed by atoms with van der Waals surface area (Å²) in [6.45, 7) is 9.45. The van der Waals surface area contributed by atoms with Gasteiger partial charge in [-0.2, -0.15) is 5.10 Å². The first-order chi connectivity index (χ1) is 12.9. The number of amidine groups is 1. The molecule has 3 aromatic rings. The number of hydrogen-bond donors (Lipinski definition) is 2. The molecule has 0 amide bonds. The minimum absolute atomic E-state index is 0.144. The van der Waals surface area contributed by atoms with Crippen molar-refractivity contribution >= 4 is 17.3 Å². The van der Waals surface area contributed by atoms with E-state index >= 15 is 0 Å². The number of anilines is 1. The van der Waals surface area contributed by atoms with E-state index in [1.54, 1.807) is 0 Å². The van der Waals surface area contributed by atoms with E-state index in [0.717, 1.165) is 29.3 Å². The van der Waals surface area contributed by atoms with Crippen molar-refractivity contribution in [2.24, 2.45) is 4.99 Å². The lowest BCUT2D eigenvalue weighted by Crippen LogP contribution is -2.46. The predicted octanol–water partition coefficient (Wildman–Crippen LogP) is 4.62. The van der Waals surface area contributed by atoms with Crippen molar-refractivity contribution in [1.82, 2.24) is 15.6 Å². The lowest BCUT2D eigenvalue weighted by Gasteiger charge is -2.33. The number of aromatic amines is 1. The Hall–Kier alpha value is -3.08. The SMILES string of the molecule is Cc1cc(N=C2NN(c3ccc(C(C)(C)C)cc3)Cc3ccccc32)n[nH]1. The Morgan fingerprint density at radius 3 is 2.44 bits per heavy atom. The first kappa shape index (κ1) is 17.3. The van der Waals surface area contributed by atoms with Gasteiger partial charge in [-0.1, -0.05) is 57.2 Å². The van der Waals surface area contributed by atoms with Crippen LogP contribution in [0.15, 0.2) is 59.6 Å². The van der Waals surface area contributed by atoms with Crippen LogP contribution < -0.4 is 10.4 Å². The molecular formula is C22H25N5. The highest BCUT2D eigenvalue weighted by Gasteiger charge is 2.22. The fourth-order valence-corrected chi connectivity index (χ4v) is 3.25. The summed E-state index contributed by atoms with van der Waals surface area (Å²) in [6, 6.07) is 19.0. The van der Waals surface area contributed by atoms with Crippen LogP contribution in [0.3, 0.4) is 0 Å². The molecule has 0 aliphatic carbocycles. The highest BCUT2D eigenvalue weighted by Crippen LogP contribution is 2.27. The smallest absolute Gasteiger partial charge is 0.176 e. The van der Waals surface area contributed by atoms with Crippen molar-refractivity contribution in [2.45, 2.75) is 39.7 Å². The molecule has 1 aliphatic heterocycles. The Balaban J connectivity index is 1.69. The number of hydrazine groups is 1. The summed E-state index contributed by atoms with van der Waals surface area (Å²) >= 11 is 0. The number of H-pyrrole nitrogens is 1. The molecule has 138 valence electrons. The van der Waals surface area contributed by atoms with Gasteiger partial charge in [-0.15, -0.1) is 0 Å². The van der Waals surface area contributed by atoms with Gasteiger partial charge in [0.2, 0.25) is 0 Å². The second-order valence-electron chi connectivity index (χ2n) is 8.02. The summed E-state index contributed by atoms with van der Waals surface area (Å²) in [7, 11) is 0. The Labute approximate surface area is 160 Å². The van der Waals surface area contributed by atoms with Gasteiger partial charge in [0.1, 0.15) is 0 Å². The zero-order valence-electron chi connectivity index (χ0n) is 16.2. The summed E-state index contributed by atoms with van der Waals surface area (Å²) in [5.41, 5.74) is 9.40. The second kappa shape index (κ2) is 6.58. The van der Waals surface area contributed by atoms with Crippen LogP contribution in [-0.4, -0.2) is 16.0 Å². The molecule has 0 fully saturated rings. The van der Waals surface area contributed by atoms with Gasteiger partial charge in [0.05, 0.1) is 12.2 Å². The predicted molar refractivity (Wildman–Crippen MR) is 110 cm³/mol. The Morgan fingerprint density at radius 1 is 1.04 bits per heavy atom. The summed E-state index contributed by atoms with van der Waals surface area (Å²) in [4.78, 5) is 4.73. The number of aromatic nitrogens is 2. The van der Waals surface area contributed by atoms with E-state index in [1.165, 1.54) is 11.1 Å². The molecule has 1 aromatic heterocycles. The third-order valence-electron chi connectivity index (χ3n) is 4.81. The van der Waals surface area contributed by atoms with Crippen molar-refractivity contribution in [2.75, 3.05) is 5.01 Å². The standard InChI is InChI=1S/C22H25N5/c1-15-13-20(25-24-15)23-21-19-8-6-5-7-16(19)14-27(26-21)18-11-9-17(10-12-18)22(2,3)4/h5-13H,14H2,1-4H3,(H2,23,24,25,26). The van der Waals surface area contributed by atoms with Crippen molar-refractivity contribution in [1.29, 1.82) is 0 Å². The topological polar surface area (TPSA) is 56.3 Å². The van der Waals surface area contributed by atoms with Gasteiger partial charge in [-0.25, -0.2) is 4.99 Å². The molecule has 2 heterocycles. The zero-order chi connectivity index (χ0) is 19.0. The van der Waals surface area contributed by atoms with E-state index in [-0.39, 0.29) is 5.41 Å². The highest BCUT2D eigenvalue weighted by atomic mass is 15.5. The van der Waals surface area contributed by atoms with Gasteiger partial charge < -0.3 is 0 Å². The molecule has 27 heavy (non-hydrogen) atoms. The maximum absolute atomic E-state index is 4.73. The molecule has 1 aliphatic rings. The van der Waals surface area contributed by atoms with Crippen LogP contribution in [0.2, 0.25) is 0 Å². The first-order valence-corrected chi connectivity index (χ1v) is 9.24. The summed E-state index contributed by atoms with van der Waals surface area (Å²) in [5.74, 6) is 1.48.